The van der Waals surface area contributed by atoms with E-state index in [4.69, 9.17) is 14.2 Å². The average Bonchev–Trinajstić information content (AvgIpc) is 2.88. The number of hydrogen-bond acceptors (Lipinski definition) is 8. The molecule has 0 saturated heterocycles. The summed E-state index contributed by atoms with van der Waals surface area (Å²) in [5, 5.41) is 9.85. The molecule has 1 atom stereocenters. The molecule has 1 N–H and O–H groups in total. The molecule has 2 aromatic rings. The molecule has 2 rings (SSSR count). The molecule has 2 aromatic carbocycles. The molecule has 0 aliphatic rings. The Bertz CT molecular complexity index is 1020. The summed E-state index contributed by atoms with van der Waals surface area (Å²) >= 11 is 0. The van der Waals surface area contributed by atoms with Gasteiger partial charge in [0, 0.05) is 17.6 Å². The summed E-state index contributed by atoms with van der Waals surface area (Å²) in [7, 11) is 0. The maximum Gasteiger partial charge on any atom is 0.330 e. The van der Waals surface area contributed by atoms with E-state index in [0.29, 0.717) is 11.5 Å². The number of carbonyl (C=O) groups excluding carboxylic acids is 3. The lowest BCUT2D eigenvalue weighted by atomic mass is 9.78. The SMILES string of the molecule is C=CC(=O)OCC(=O)COc1ccc(C(C)(C)c2ccc(OCC(O)COC(=O)C=C)cc2)cc1. The number of ether oxygens (including phenoxy) is 4. The third-order valence-corrected chi connectivity index (χ3v) is 5.12. The highest BCUT2D eigenvalue weighted by atomic mass is 16.6. The van der Waals surface area contributed by atoms with Gasteiger partial charge < -0.3 is 24.1 Å². The van der Waals surface area contributed by atoms with Crippen LogP contribution in [0.15, 0.2) is 73.8 Å². The molecule has 0 heterocycles. The molecule has 0 spiro atoms. The molecular formula is C27H30O8. The van der Waals surface area contributed by atoms with Crippen molar-refractivity contribution in [2.24, 2.45) is 0 Å². The van der Waals surface area contributed by atoms with Gasteiger partial charge in [0.05, 0.1) is 0 Å². The fourth-order valence-corrected chi connectivity index (χ4v) is 3.00. The molecule has 0 amide bonds. The number of aliphatic hydroxyl groups excluding tert-OH is 1. The average molecular weight is 483 g/mol. The number of esters is 2. The summed E-state index contributed by atoms with van der Waals surface area (Å²) in [6.07, 6.45) is 1.07. The van der Waals surface area contributed by atoms with Crippen LogP contribution in [-0.4, -0.2) is 55.4 Å². The van der Waals surface area contributed by atoms with Crippen molar-refractivity contribution in [3.63, 3.8) is 0 Å². The highest BCUT2D eigenvalue weighted by Crippen LogP contribution is 2.33. The lowest BCUT2D eigenvalue weighted by molar-refractivity contribution is -0.143. The normalized spacial score (nSPS) is 11.6. The Morgan fingerprint density at radius 2 is 1.29 bits per heavy atom. The van der Waals surface area contributed by atoms with E-state index in [0.717, 1.165) is 23.3 Å². The second kappa shape index (κ2) is 13.1. The van der Waals surface area contributed by atoms with Crippen LogP contribution in [0.4, 0.5) is 0 Å². The zero-order chi connectivity index (χ0) is 25.8. The van der Waals surface area contributed by atoms with Gasteiger partial charge in [-0.25, -0.2) is 9.59 Å². The minimum Gasteiger partial charge on any atom is -0.491 e. The van der Waals surface area contributed by atoms with Crippen molar-refractivity contribution in [1.29, 1.82) is 0 Å². The Morgan fingerprint density at radius 1 is 0.800 bits per heavy atom. The Morgan fingerprint density at radius 3 is 1.80 bits per heavy atom. The van der Waals surface area contributed by atoms with Crippen LogP contribution in [0.2, 0.25) is 0 Å². The smallest absolute Gasteiger partial charge is 0.330 e. The van der Waals surface area contributed by atoms with E-state index in [9.17, 15) is 19.5 Å². The number of Topliss-reactive ketones (excluding diaryl/α,β-unsaturated/α-hetero) is 1. The maximum atomic E-state index is 11.7. The lowest BCUT2D eigenvalue weighted by Gasteiger charge is -2.26. The van der Waals surface area contributed by atoms with Crippen molar-refractivity contribution in [3.8, 4) is 11.5 Å². The molecule has 0 fully saturated rings. The number of rotatable bonds is 14. The summed E-state index contributed by atoms with van der Waals surface area (Å²) < 4.78 is 20.5. The third-order valence-electron chi connectivity index (χ3n) is 5.12. The lowest BCUT2D eigenvalue weighted by Crippen LogP contribution is -2.24. The van der Waals surface area contributed by atoms with Crippen LogP contribution in [0.3, 0.4) is 0 Å². The van der Waals surface area contributed by atoms with Gasteiger partial charge in [-0.3, -0.25) is 4.79 Å². The van der Waals surface area contributed by atoms with E-state index >= 15 is 0 Å². The number of carbonyl (C=O) groups is 3. The van der Waals surface area contributed by atoms with Crippen molar-refractivity contribution >= 4 is 17.7 Å². The molecule has 0 aromatic heterocycles. The summed E-state index contributed by atoms with van der Waals surface area (Å²) in [6.45, 7) is 9.95. The predicted octanol–water partition coefficient (Wildman–Crippen LogP) is 3.16. The number of aliphatic hydroxyl groups is 1. The number of ketones is 1. The van der Waals surface area contributed by atoms with Crippen LogP contribution in [-0.2, 0) is 29.3 Å². The van der Waals surface area contributed by atoms with Crippen molar-refractivity contribution in [2.45, 2.75) is 25.4 Å². The topological polar surface area (TPSA) is 108 Å². The first-order chi connectivity index (χ1) is 16.6. The number of benzene rings is 2. The minimum atomic E-state index is -0.951. The van der Waals surface area contributed by atoms with E-state index in [1.807, 2.05) is 36.4 Å². The maximum absolute atomic E-state index is 11.7. The van der Waals surface area contributed by atoms with Crippen molar-refractivity contribution < 1.29 is 38.4 Å². The quantitative estimate of drug-likeness (QED) is 0.323. The van der Waals surface area contributed by atoms with Gasteiger partial charge in [0.2, 0.25) is 5.78 Å². The molecule has 0 bridgehead atoms. The van der Waals surface area contributed by atoms with Crippen LogP contribution < -0.4 is 9.47 Å². The fraction of sp³-hybridized carbons (Fsp3) is 0.296. The zero-order valence-corrected chi connectivity index (χ0v) is 19.9. The molecule has 0 aliphatic heterocycles. The molecule has 0 aliphatic carbocycles. The van der Waals surface area contributed by atoms with Crippen LogP contribution in [0.1, 0.15) is 25.0 Å². The van der Waals surface area contributed by atoms with E-state index in [1.54, 1.807) is 12.1 Å². The highest BCUT2D eigenvalue weighted by Gasteiger charge is 2.23. The van der Waals surface area contributed by atoms with Crippen LogP contribution in [0.25, 0.3) is 0 Å². The second-order valence-corrected chi connectivity index (χ2v) is 8.11. The minimum absolute atomic E-state index is 0.0200. The van der Waals surface area contributed by atoms with Gasteiger partial charge in [-0.05, 0) is 35.4 Å². The second-order valence-electron chi connectivity index (χ2n) is 8.11. The summed E-state index contributed by atoms with van der Waals surface area (Å²) in [4.78, 5) is 33.8. The molecule has 1 unspecified atom stereocenters. The standard InChI is InChI=1S/C27H30O8/c1-5-25(30)34-17-21(28)15-32-23-11-7-19(8-12-23)27(3,4)20-9-13-24(14-10-20)33-16-22(29)18-35-26(31)6-2/h5-14,21,28H,1-2,15-18H2,3-4H3. The van der Waals surface area contributed by atoms with Crippen LogP contribution in [0, 0.1) is 0 Å². The van der Waals surface area contributed by atoms with Crippen molar-refractivity contribution in [1.82, 2.24) is 0 Å². The summed E-state index contributed by atoms with van der Waals surface area (Å²) in [6, 6.07) is 14.9. The first kappa shape index (κ1) is 27.3. The first-order valence-electron chi connectivity index (χ1n) is 10.9. The monoisotopic (exact) mass is 482 g/mol. The van der Waals surface area contributed by atoms with Crippen molar-refractivity contribution in [2.75, 3.05) is 26.4 Å². The van der Waals surface area contributed by atoms with Crippen LogP contribution in [0.5, 0.6) is 11.5 Å². The van der Waals surface area contributed by atoms with E-state index in [1.165, 1.54) is 0 Å². The number of hydrogen-bond donors (Lipinski definition) is 1. The molecular weight excluding hydrogens is 452 g/mol. The molecule has 8 nitrogen and oxygen atoms in total. The van der Waals surface area contributed by atoms with Gasteiger partial charge in [-0.15, -0.1) is 0 Å². The Kier molecular flexibility index (Phi) is 10.2. The predicted molar refractivity (Wildman–Crippen MR) is 129 cm³/mol. The van der Waals surface area contributed by atoms with Crippen LogP contribution >= 0.6 is 0 Å². The van der Waals surface area contributed by atoms with E-state index in [2.05, 4.69) is 31.7 Å². The van der Waals surface area contributed by atoms with E-state index in [-0.39, 0.29) is 37.6 Å². The van der Waals surface area contributed by atoms with Gasteiger partial charge in [-0.1, -0.05) is 51.3 Å². The third kappa shape index (κ3) is 8.75. The molecule has 0 saturated carbocycles. The highest BCUT2D eigenvalue weighted by molar-refractivity contribution is 5.86. The van der Waals surface area contributed by atoms with Gasteiger partial charge in [-0.2, -0.15) is 0 Å². The molecule has 8 heteroatoms. The van der Waals surface area contributed by atoms with Gasteiger partial charge in [0.25, 0.3) is 0 Å². The fourth-order valence-electron chi connectivity index (χ4n) is 3.00. The van der Waals surface area contributed by atoms with Gasteiger partial charge >= 0.3 is 11.9 Å². The molecule has 186 valence electrons. The zero-order valence-electron chi connectivity index (χ0n) is 19.9. The van der Waals surface area contributed by atoms with Crippen molar-refractivity contribution in [3.05, 3.63) is 85.0 Å². The first-order valence-corrected chi connectivity index (χ1v) is 10.9. The van der Waals surface area contributed by atoms with Gasteiger partial charge in [0.1, 0.15) is 37.4 Å². The molecule has 0 radical (unpaired) electrons. The summed E-state index contributed by atoms with van der Waals surface area (Å²) in [5.74, 6) is -0.527. The van der Waals surface area contributed by atoms with Gasteiger partial charge in [0.15, 0.2) is 6.61 Å². The van der Waals surface area contributed by atoms with E-state index < -0.39 is 18.0 Å². The summed E-state index contributed by atoms with van der Waals surface area (Å²) in [5.41, 5.74) is 1.74. The molecule has 35 heavy (non-hydrogen) atoms. The Labute approximate surface area is 204 Å². The Balaban J connectivity index is 1.90. The Hall–Kier alpha value is -3.91. The largest absolute Gasteiger partial charge is 0.491 e.